The van der Waals surface area contributed by atoms with Crippen LogP contribution in [0.4, 0.5) is 11.4 Å². The lowest BCUT2D eigenvalue weighted by molar-refractivity contribution is 0.102. The maximum atomic E-state index is 13.5. The van der Waals surface area contributed by atoms with Gasteiger partial charge in [-0.05, 0) is 67.3 Å². The molecular formula is C28H33N3O6S. The van der Waals surface area contributed by atoms with Gasteiger partial charge < -0.3 is 24.4 Å². The maximum absolute atomic E-state index is 13.5. The lowest BCUT2D eigenvalue weighted by Crippen LogP contribution is -2.29. The highest BCUT2D eigenvalue weighted by Crippen LogP contribution is 2.32. The average molecular weight is 540 g/mol. The Hall–Kier alpha value is -3.76. The molecule has 1 saturated heterocycles. The molecule has 1 aliphatic heterocycles. The number of hydrogen-bond acceptors (Lipinski definition) is 7. The predicted molar refractivity (Wildman–Crippen MR) is 147 cm³/mol. The fourth-order valence-corrected chi connectivity index (χ4v) is 5.78. The number of nitrogens with zero attached hydrogens (tertiary/aromatic N) is 1. The molecule has 38 heavy (non-hydrogen) atoms. The number of carbonyl (C=O) groups excluding carboxylic acids is 1. The standard InChI is InChI=1S/C28H33N3O6S/c1-35-24-9-5-4-8-22(24)28(32)30-21-11-12-23(31-16-6-7-17-31)27(19-21)38(33,34)29-15-14-20-10-13-25(36-2)26(18-20)37-3/h4-5,8-13,18-19,29H,6-7,14-17H2,1-3H3,(H,30,32). The van der Waals surface area contributed by atoms with Gasteiger partial charge in [0.25, 0.3) is 5.91 Å². The third-order valence-corrected chi connectivity index (χ3v) is 7.95. The van der Waals surface area contributed by atoms with Gasteiger partial charge in [-0.3, -0.25) is 4.79 Å². The van der Waals surface area contributed by atoms with E-state index in [1.165, 1.54) is 13.2 Å². The van der Waals surface area contributed by atoms with Gasteiger partial charge in [-0.15, -0.1) is 0 Å². The third kappa shape index (κ3) is 6.20. The topological polar surface area (TPSA) is 106 Å². The van der Waals surface area contributed by atoms with Gasteiger partial charge in [0.05, 0.1) is 32.6 Å². The summed E-state index contributed by atoms with van der Waals surface area (Å²) >= 11 is 0. The van der Waals surface area contributed by atoms with Crippen molar-refractivity contribution < 1.29 is 27.4 Å². The number of methoxy groups -OCH3 is 3. The Bertz CT molecular complexity index is 1390. The first kappa shape index (κ1) is 27.3. The van der Waals surface area contributed by atoms with E-state index in [1.807, 2.05) is 12.1 Å². The molecule has 0 atom stereocenters. The van der Waals surface area contributed by atoms with Gasteiger partial charge in [0.1, 0.15) is 10.6 Å². The molecule has 1 heterocycles. The summed E-state index contributed by atoms with van der Waals surface area (Å²) in [7, 11) is 0.734. The van der Waals surface area contributed by atoms with Crippen LogP contribution in [0.25, 0.3) is 0 Å². The molecule has 1 fully saturated rings. The minimum absolute atomic E-state index is 0.129. The molecule has 10 heteroatoms. The highest BCUT2D eigenvalue weighted by Gasteiger charge is 2.25. The van der Waals surface area contributed by atoms with Gasteiger partial charge in [-0.25, -0.2) is 13.1 Å². The zero-order valence-corrected chi connectivity index (χ0v) is 22.6. The molecule has 0 spiro atoms. The van der Waals surface area contributed by atoms with Crippen molar-refractivity contribution in [2.75, 3.05) is 51.2 Å². The fraction of sp³-hybridized carbons (Fsp3) is 0.321. The second-order valence-electron chi connectivity index (χ2n) is 8.87. The largest absolute Gasteiger partial charge is 0.496 e. The molecule has 3 aromatic rings. The van der Waals surface area contributed by atoms with Crippen molar-refractivity contribution in [2.24, 2.45) is 0 Å². The SMILES string of the molecule is COc1ccc(CCNS(=O)(=O)c2cc(NC(=O)c3ccccc3OC)ccc2N2CCCC2)cc1OC. The number of ether oxygens (including phenoxy) is 3. The molecule has 0 saturated carbocycles. The monoisotopic (exact) mass is 539 g/mol. The van der Waals surface area contributed by atoms with Crippen molar-refractivity contribution in [1.29, 1.82) is 0 Å². The van der Waals surface area contributed by atoms with Gasteiger partial charge in [0.15, 0.2) is 11.5 Å². The zero-order valence-electron chi connectivity index (χ0n) is 21.8. The molecule has 0 bridgehead atoms. The number of anilines is 2. The number of rotatable bonds is 11. The molecule has 0 radical (unpaired) electrons. The van der Waals surface area contributed by atoms with Crippen LogP contribution in [-0.2, 0) is 16.4 Å². The summed E-state index contributed by atoms with van der Waals surface area (Å²) in [6.45, 7) is 1.75. The first-order chi connectivity index (χ1) is 18.4. The molecule has 9 nitrogen and oxygen atoms in total. The van der Waals surface area contributed by atoms with Crippen molar-refractivity contribution in [2.45, 2.75) is 24.2 Å². The van der Waals surface area contributed by atoms with Gasteiger partial charge in [-0.1, -0.05) is 18.2 Å². The zero-order chi connectivity index (χ0) is 27.1. The first-order valence-corrected chi connectivity index (χ1v) is 13.9. The number of carbonyl (C=O) groups is 1. The number of nitrogens with one attached hydrogen (secondary N) is 2. The van der Waals surface area contributed by atoms with E-state index >= 15 is 0 Å². The molecular weight excluding hydrogens is 506 g/mol. The highest BCUT2D eigenvalue weighted by atomic mass is 32.2. The van der Waals surface area contributed by atoms with Crippen molar-refractivity contribution in [1.82, 2.24) is 4.72 Å². The van der Waals surface area contributed by atoms with Crippen LogP contribution in [0.2, 0.25) is 0 Å². The summed E-state index contributed by atoms with van der Waals surface area (Å²) in [4.78, 5) is 15.1. The van der Waals surface area contributed by atoms with Crippen molar-refractivity contribution >= 4 is 27.3 Å². The van der Waals surface area contributed by atoms with Crippen LogP contribution in [0, 0.1) is 0 Å². The number of hydrogen-bond donors (Lipinski definition) is 2. The van der Waals surface area contributed by atoms with E-state index in [0.717, 1.165) is 31.5 Å². The second-order valence-corrected chi connectivity index (χ2v) is 10.6. The molecule has 1 aliphatic rings. The van der Waals surface area contributed by atoms with E-state index in [2.05, 4.69) is 14.9 Å². The van der Waals surface area contributed by atoms with Crippen LogP contribution in [0.3, 0.4) is 0 Å². The molecule has 0 aromatic heterocycles. The van der Waals surface area contributed by atoms with E-state index in [0.29, 0.717) is 40.6 Å². The Morgan fingerprint density at radius 3 is 2.29 bits per heavy atom. The third-order valence-electron chi connectivity index (χ3n) is 6.46. The lowest BCUT2D eigenvalue weighted by atomic mass is 10.1. The smallest absolute Gasteiger partial charge is 0.259 e. The lowest BCUT2D eigenvalue weighted by Gasteiger charge is -2.22. The number of para-hydroxylation sites is 1. The summed E-state index contributed by atoms with van der Waals surface area (Å²) in [6, 6.07) is 17.4. The van der Waals surface area contributed by atoms with Crippen LogP contribution in [0.1, 0.15) is 28.8 Å². The number of benzene rings is 3. The Balaban J connectivity index is 1.56. The Kier molecular flexibility index (Phi) is 8.75. The Labute approximate surface area is 223 Å². The summed E-state index contributed by atoms with van der Waals surface area (Å²) < 4.78 is 45.7. The normalized spacial score (nSPS) is 13.3. The van der Waals surface area contributed by atoms with Crippen LogP contribution >= 0.6 is 0 Å². The second kappa shape index (κ2) is 12.2. The van der Waals surface area contributed by atoms with E-state index < -0.39 is 10.0 Å². The number of amides is 1. The van der Waals surface area contributed by atoms with E-state index in [1.54, 1.807) is 56.7 Å². The average Bonchev–Trinajstić information content (AvgIpc) is 3.47. The molecule has 0 unspecified atom stereocenters. The minimum atomic E-state index is -3.89. The molecule has 1 amide bonds. The highest BCUT2D eigenvalue weighted by molar-refractivity contribution is 7.89. The van der Waals surface area contributed by atoms with Crippen LogP contribution in [0.15, 0.2) is 65.6 Å². The number of sulfonamides is 1. The quantitative estimate of drug-likeness (QED) is 0.378. The Morgan fingerprint density at radius 2 is 1.58 bits per heavy atom. The van der Waals surface area contributed by atoms with E-state index in [-0.39, 0.29) is 17.3 Å². The molecule has 202 valence electrons. The van der Waals surface area contributed by atoms with Crippen molar-refractivity contribution in [3.63, 3.8) is 0 Å². The maximum Gasteiger partial charge on any atom is 0.259 e. The van der Waals surface area contributed by atoms with E-state index in [9.17, 15) is 13.2 Å². The van der Waals surface area contributed by atoms with Gasteiger partial charge >= 0.3 is 0 Å². The summed E-state index contributed by atoms with van der Waals surface area (Å²) in [5.41, 5.74) is 2.26. The van der Waals surface area contributed by atoms with Gasteiger partial charge in [0.2, 0.25) is 10.0 Å². The predicted octanol–water partition coefficient (Wildman–Crippen LogP) is 4.09. The van der Waals surface area contributed by atoms with E-state index in [4.69, 9.17) is 14.2 Å². The van der Waals surface area contributed by atoms with Crippen LogP contribution in [-0.4, -0.2) is 55.3 Å². The summed E-state index contributed by atoms with van der Waals surface area (Å²) in [5, 5.41) is 2.81. The molecule has 0 aliphatic carbocycles. The van der Waals surface area contributed by atoms with Crippen LogP contribution < -0.4 is 29.1 Å². The van der Waals surface area contributed by atoms with Crippen molar-refractivity contribution in [3.05, 3.63) is 71.8 Å². The van der Waals surface area contributed by atoms with Crippen LogP contribution in [0.5, 0.6) is 17.2 Å². The minimum Gasteiger partial charge on any atom is -0.496 e. The summed E-state index contributed by atoms with van der Waals surface area (Å²) in [6.07, 6.45) is 2.46. The Morgan fingerprint density at radius 1 is 0.868 bits per heavy atom. The van der Waals surface area contributed by atoms with Crippen molar-refractivity contribution in [3.8, 4) is 17.2 Å². The van der Waals surface area contributed by atoms with Gasteiger partial charge in [0, 0.05) is 25.3 Å². The van der Waals surface area contributed by atoms with Gasteiger partial charge in [-0.2, -0.15) is 0 Å². The fourth-order valence-electron chi connectivity index (χ4n) is 4.50. The molecule has 4 rings (SSSR count). The molecule has 3 aromatic carbocycles. The first-order valence-electron chi connectivity index (χ1n) is 12.4. The summed E-state index contributed by atoms with van der Waals surface area (Å²) in [5.74, 6) is 1.24. The molecule has 2 N–H and O–H groups in total.